The average molecular weight is 566 g/mol. The van der Waals surface area contributed by atoms with Gasteiger partial charge in [0.2, 0.25) is 0 Å². The van der Waals surface area contributed by atoms with E-state index in [2.05, 4.69) is 134 Å². The van der Waals surface area contributed by atoms with Crippen molar-refractivity contribution < 1.29 is 0 Å². The van der Waals surface area contributed by atoms with E-state index in [9.17, 15) is 0 Å². The Morgan fingerprint density at radius 2 is 1.36 bits per heavy atom. The Labute approximate surface area is 246 Å². The highest BCUT2D eigenvalue weighted by atomic mass is 32.1. The molecule has 0 N–H and O–H groups in total. The van der Waals surface area contributed by atoms with Gasteiger partial charge in [-0.05, 0) is 85.5 Å². The number of benzene rings is 3. The number of anilines is 3. The van der Waals surface area contributed by atoms with Gasteiger partial charge in [0.15, 0.2) is 0 Å². The van der Waals surface area contributed by atoms with Crippen molar-refractivity contribution in [1.29, 1.82) is 0 Å². The predicted molar refractivity (Wildman–Crippen MR) is 178 cm³/mol. The Balaban J connectivity index is 1.48. The zero-order valence-electron chi connectivity index (χ0n) is 22.6. The van der Waals surface area contributed by atoms with E-state index in [4.69, 9.17) is 0 Å². The van der Waals surface area contributed by atoms with Crippen LogP contribution in [0.1, 0.15) is 50.0 Å². The molecular formula is C35H35NS3. The number of aryl methyl sites for hydroxylation is 1. The van der Waals surface area contributed by atoms with Gasteiger partial charge in [-0.3, -0.25) is 0 Å². The van der Waals surface area contributed by atoms with Crippen molar-refractivity contribution in [2.75, 3.05) is 4.90 Å². The molecule has 0 aliphatic carbocycles. The molecule has 0 unspecified atom stereocenters. The lowest BCUT2D eigenvalue weighted by Gasteiger charge is -2.25. The summed E-state index contributed by atoms with van der Waals surface area (Å²) in [6.07, 6.45) is 8.30. The van der Waals surface area contributed by atoms with Crippen LogP contribution in [0.4, 0.5) is 17.1 Å². The van der Waals surface area contributed by atoms with E-state index in [-0.39, 0.29) is 0 Å². The lowest BCUT2D eigenvalue weighted by atomic mass is 10.0. The molecule has 5 aromatic rings. The highest BCUT2D eigenvalue weighted by Crippen LogP contribution is 2.44. The van der Waals surface area contributed by atoms with E-state index < -0.39 is 0 Å². The number of rotatable bonds is 11. The van der Waals surface area contributed by atoms with Gasteiger partial charge in [-0.15, -0.1) is 35.3 Å². The Bertz CT molecular complexity index is 1460. The van der Waals surface area contributed by atoms with Crippen molar-refractivity contribution >= 4 is 57.3 Å². The minimum absolute atomic E-state index is 1.05. The SMILES string of the molecule is C/C=C(\S)c1ccc(-c2sc(-c3ccc(N(c4ccccc4)c4ccccc4)cc3)cc2CCCCCC)s1. The van der Waals surface area contributed by atoms with Crippen molar-refractivity contribution in [3.8, 4) is 20.2 Å². The fourth-order valence-electron chi connectivity index (χ4n) is 4.82. The van der Waals surface area contributed by atoms with Crippen molar-refractivity contribution in [3.05, 3.63) is 120 Å². The normalized spacial score (nSPS) is 11.6. The zero-order chi connectivity index (χ0) is 27.0. The van der Waals surface area contributed by atoms with Crippen molar-refractivity contribution in [2.24, 2.45) is 0 Å². The van der Waals surface area contributed by atoms with Crippen LogP contribution in [-0.2, 0) is 6.42 Å². The van der Waals surface area contributed by atoms with Crippen LogP contribution < -0.4 is 4.90 Å². The van der Waals surface area contributed by atoms with Crippen LogP contribution in [0.5, 0.6) is 0 Å². The monoisotopic (exact) mass is 565 g/mol. The van der Waals surface area contributed by atoms with Gasteiger partial charge in [0.1, 0.15) is 0 Å². The Hall–Kier alpha value is -3.05. The molecule has 0 fully saturated rings. The number of thiol groups is 1. The molecule has 4 heteroatoms. The molecule has 0 aliphatic rings. The highest BCUT2D eigenvalue weighted by molar-refractivity contribution is 7.90. The second kappa shape index (κ2) is 13.3. The number of hydrogen-bond donors (Lipinski definition) is 1. The van der Waals surface area contributed by atoms with E-state index in [1.165, 1.54) is 56.3 Å². The number of nitrogens with zero attached hydrogens (tertiary/aromatic N) is 1. The van der Waals surface area contributed by atoms with Gasteiger partial charge in [-0.25, -0.2) is 0 Å². The molecule has 39 heavy (non-hydrogen) atoms. The van der Waals surface area contributed by atoms with Crippen LogP contribution in [0.3, 0.4) is 0 Å². The summed E-state index contributed by atoms with van der Waals surface area (Å²) in [6.45, 7) is 4.32. The lowest BCUT2D eigenvalue weighted by Crippen LogP contribution is -2.09. The summed E-state index contributed by atoms with van der Waals surface area (Å²) >= 11 is 8.43. The summed E-state index contributed by atoms with van der Waals surface area (Å²) in [5.41, 5.74) is 6.21. The molecule has 0 radical (unpaired) electrons. The first kappa shape index (κ1) is 27.5. The first-order valence-electron chi connectivity index (χ1n) is 13.8. The summed E-state index contributed by atoms with van der Waals surface area (Å²) in [4.78, 5) is 8.68. The molecule has 0 bridgehead atoms. The standard InChI is InChI=1S/C35H35NS3/c1-3-5-6-9-14-27-25-34(39-35(27)33-24-23-32(38-33)31(37)4-2)26-19-21-30(22-20-26)36(28-15-10-7-11-16-28)29-17-12-8-13-18-29/h4,7-8,10-13,15-25,37H,3,5-6,9,14H2,1-2H3/b31-4-. The fourth-order valence-corrected chi connectivity index (χ4v) is 7.38. The van der Waals surface area contributed by atoms with Crippen LogP contribution in [-0.4, -0.2) is 0 Å². The van der Waals surface area contributed by atoms with Crippen LogP contribution in [0.15, 0.2) is 109 Å². The minimum atomic E-state index is 1.05. The van der Waals surface area contributed by atoms with Crippen LogP contribution >= 0.6 is 35.3 Å². The summed E-state index contributed by atoms with van der Waals surface area (Å²) < 4.78 is 0. The van der Waals surface area contributed by atoms with Gasteiger partial charge in [0.25, 0.3) is 0 Å². The topological polar surface area (TPSA) is 3.24 Å². The third kappa shape index (κ3) is 6.58. The van der Waals surface area contributed by atoms with E-state index in [0.717, 1.165) is 28.4 Å². The highest BCUT2D eigenvalue weighted by Gasteiger charge is 2.16. The van der Waals surface area contributed by atoms with E-state index >= 15 is 0 Å². The number of thiophene rings is 2. The van der Waals surface area contributed by atoms with Gasteiger partial charge in [0.05, 0.1) is 0 Å². The minimum Gasteiger partial charge on any atom is -0.311 e. The third-order valence-corrected chi connectivity index (χ3v) is 10.1. The van der Waals surface area contributed by atoms with E-state index in [0.29, 0.717) is 0 Å². The molecule has 0 spiro atoms. The smallest absolute Gasteiger partial charge is 0.0481 e. The molecule has 0 aliphatic heterocycles. The van der Waals surface area contributed by atoms with Crippen LogP contribution in [0.2, 0.25) is 0 Å². The number of hydrogen-bond acceptors (Lipinski definition) is 4. The molecule has 198 valence electrons. The second-order valence-corrected chi connectivity index (χ2v) is 12.3. The largest absolute Gasteiger partial charge is 0.311 e. The fraction of sp³-hybridized carbons (Fsp3) is 0.200. The van der Waals surface area contributed by atoms with E-state index in [1.54, 1.807) is 0 Å². The second-order valence-electron chi connectivity index (χ2n) is 9.67. The van der Waals surface area contributed by atoms with Gasteiger partial charge < -0.3 is 4.90 Å². The number of para-hydroxylation sites is 2. The number of unbranched alkanes of at least 4 members (excludes halogenated alkanes) is 3. The molecule has 0 saturated carbocycles. The van der Waals surface area contributed by atoms with Gasteiger partial charge in [0, 0.05) is 41.5 Å². The van der Waals surface area contributed by atoms with Gasteiger partial charge >= 0.3 is 0 Å². The summed E-state index contributed by atoms with van der Waals surface area (Å²) in [5.74, 6) is 0. The Kier molecular flexibility index (Phi) is 9.41. The van der Waals surface area contributed by atoms with Gasteiger partial charge in [-0.2, -0.15) is 0 Å². The van der Waals surface area contributed by atoms with Crippen LogP contribution in [0, 0.1) is 0 Å². The molecule has 0 saturated heterocycles. The van der Waals surface area contributed by atoms with Gasteiger partial charge in [-0.1, -0.05) is 80.8 Å². The lowest BCUT2D eigenvalue weighted by molar-refractivity contribution is 0.668. The maximum Gasteiger partial charge on any atom is 0.0481 e. The molecule has 2 aromatic heterocycles. The summed E-state index contributed by atoms with van der Waals surface area (Å²) in [7, 11) is 0. The molecule has 2 heterocycles. The molecule has 0 atom stereocenters. The predicted octanol–water partition coefficient (Wildman–Crippen LogP) is 12.0. The molecule has 0 amide bonds. The third-order valence-electron chi connectivity index (χ3n) is 6.90. The zero-order valence-corrected chi connectivity index (χ0v) is 25.2. The maximum absolute atomic E-state index is 4.66. The maximum atomic E-state index is 4.66. The number of allylic oxidation sites excluding steroid dienone is 1. The molecule has 3 aromatic carbocycles. The summed E-state index contributed by atoms with van der Waals surface area (Å²) in [5, 5.41) is 0. The van der Waals surface area contributed by atoms with Crippen molar-refractivity contribution in [1.82, 2.24) is 0 Å². The Morgan fingerprint density at radius 3 is 1.97 bits per heavy atom. The first-order valence-corrected chi connectivity index (χ1v) is 15.8. The molecular weight excluding hydrogens is 531 g/mol. The summed E-state index contributed by atoms with van der Waals surface area (Å²) in [6, 6.07) is 37.1. The van der Waals surface area contributed by atoms with Crippen LogP contribution in [0.25, 0.3) is 25.1 Å². The average Bonchev–Trinajstić information content (AvgIpc) is 3.64. The molecule has 5 rings (SSSR count). The first-order chi connectivity index (χ1) is 19.2. The molecule has 1 nitrogen and oxygen atoms in total. The van der Waals surface area contributed by atoms with Crippen molar-refractivity contribution in [3.63, 3.8) is 0 Å². The Morgan fingerprint density at radius 1 is 0.718 bits per heavy atom. The van der Waals surface area contributed by atoms with Crippen molar-refractivity contribution in [2.45, 2.75) is 46.0 Å². The quantitative estimate of drug-likeness (QED) is 0.123. The van der Waals surface area contributed by atoms with E-state index in [1.807, 2.05) is 29.6 Å².